The lowest BCUT2D eigenvalue weighted by atomic mass is 9.97. The molecule has 0 bridgehead atoms. The number of aromatic nitrogens is 2. The SMILES string of the molecule is Cc1ccc(C(=O)N2CC(c3nc(-c4ccsc4)no3)C2)cc1C. The Bertz CT molecular complexity index is 880. The van der Waals surface area contributed by atoms with Gasteiger partial charge in [0.05, 0.1) is 5.92 Å². The smallest absolute Gasteiger partial charge is 0.253 e. The number of carbonyl (C=O) groups is 1. The van der Waals surface area contributed by atoms with Crippen LogP contribution in [0.25, 0.3) is 11.4 Å². The van der Waals surface area contributed by atoms with E-state index in [1.165, 1.54) is 5.56 Å². The summed E-state index contributed by atoms with van der Waals surface area (Å²) in [6, 6.07) is 7.80. The van der Waals surface area contributed by atoms with Gasteiger partial charge in [0.15, 0.2) is 0 Å². The number of hydrogen-bond acceptors (Lipinski definition) is 5. The van der Waals surface area contributed by atoms with E-state index in [2.05, 4.69) is 10.1 Å². The fraction of sp³-hybridized carbons (Fsp3) is 0.278. The van der Waals surface area contributed by atoms with Crippen molar-refractivity contribution in [3.63, 3.8) is 0 Å². The predicted octanol–water partition coefficient (Wildman–Crippen LogP) is 3.65. The zero-order valence-electron chi connectivity index (χ0n) is 13.5. The molecule has 0 radical (unpaired) electrons. The van der Waals surface area contributed by atoms with Crippen molar-refractivity contribution in [1.29, 1.82) is 0 Å². The number of rotatable bonds is 3. The van der Waals surface area contributed by atoms with Gasteiger partial charge in [-0.3, -0.25) is 4.79 Å². The van der Waals surface area contributed by atoms with E-state index in [-0.39, 0.29) is 11.8 Å². The second-order valence-corrected chi connectivity index (χ2v) is 6.95. The summed E-state index contributed by atoms with van der Waals surface area (Å²) in [6.07, 6.45) is 0. The van der Waals surface area contributed by atoms with E-state index in [4.69, 9.17) is 4.52 Å². The summed E-state index contributed by atoms with van der Waals surface area (Å²) in [7, 11) is 0. The Balaban J connectivity index is 1.42. The van der Waals surface area contributed by atoms with Crippen LogP contribution < -0.4 is 0 Å². The maximum absolute atomic E-state index is 12.5. The van der Waals surface area contributed by atoms with Crippen molar-refractivity contribution in [3.05, 3.63) is 57.6 Å². The summed E-state index contributed by atoms with van der Waals surface area (Å²) in [4.78, 5) is 18.8. The Kier molecular flexibility index (Phi) is 3.69. The van der Waals surface area contributed by atoms with Gasteiger partial charge in [-0.05, 0) is 48.6 Å². The summed E-state index contributed by atoms with van der Waals surface area (Å²) in [6.45, 7) is 5.31. The highest BCUT2D eigenvalue weighted by Gasteiger charge is 2.36. The van der Waals surface area contributed by atoms with Crippen LogP contribution in [-0.2, 0) is 0 Å². The van der Waals surface area contributed by atoms with E-state index in [1.54, 1.807) is 11.3 Å². The Morgan fingerprint density at radius 3 is 2.79 bits per heavy atom. The number of benzene rings is 1. The Morgan fingerprint density at radius 2 is 2.08 bits per heavy atom. The predicted molar refractivity (Wildman–Crippen MR) is 92.2 cm³/mol. The molecule has 6 heteroatoms. The molecule has 1 aromatic carbocycles. The van der Waals surface area contributed by atoms with Crippen molar-refractivity contribution in [1.82, 2.24) is 15.0 Å². The van der Waals surface area contributed by atoms with Gasteiger partial charge in [0.2, 0.25) is 11.7 Å². The summed E-state index contributed by atoms with van der Waals surface area (Å²) in [5, 5.41) is 8.00. The molecule has 0 aliphatic carbocycles. The van der Waals surface area contributed by atoms with Gasteiger partial charge in [-0.2, -0.15) is 16.3 Å². The Hall–Kier alpha value is -2.47. The number of hydrogen-bond donors (Lipinski definition) is 0. The van der Waals surface area contributed by atoms with Gasteiger partial charge in [-0.1, -0.05) is 11.2 Å². The molecule has 1 fully saturated rings. The van der Waals surface area contributed by atoms with Crippen molar-refractivity contribution in [2.24, 2.45) is 0 Å². The molecule has 1 aliphatic heterocycles. The van der Waals surface area contributed by atoms with Crippen LogP contribution in [-0.4, -0.2) is 34.0 Å². The van der Waals surface area contributed by atoms with Crippen molar-refractivity contribution in [3.8, 4) is 11.4 Å². The van der Waals surface area contributed by atoms with Crippen molar-refractivity contribution in [2.75, 3.05) is 13.1 Å². The quantitative estimate of drug-likeness (QED) is 0.731. The lowest BCUT2D eigenvalue weighted by Gasteiger charge is -2.37. The first-order chi connectivity index (χ1) is 11.6. The first-order valence-electron chi connectivity index (χ1n) is 7.84. The minimum atomic E-state index is 0.0620. The third-order valence-electron chi connectivity index (χ3n) is 4.49. The molecule has 122 valence electrons. The molecule has 0 saturated carbocycles. The van der Waals surface area contributed by atoms with Crippen molar-refractivity contribution >= 4 is 17.2 Å². The number of amides is 1. The Morgan fingerprint density at radius 1 is 1.25 bits per heavy atom. The molecule has 3 aromatic rings. The minimum absolute atomic E-state index is 0.0620. The largest absolute Gasteiger partial charge is 0.339 e. The van der Waals surface area contributed by atoms with Crippen LogP contribution in [0.15, 0.2) is 39.5 Å². The van der Waals surface area contributed by atoms with Gasteiger partial charge in [0, 0.05) is 29.6 Å². The van der Waals surface area contributed by atoms with E-state index in [9.17, 15) is 4.79 Å². The molecular formula is C18H17N3O2S. The third-order valence-corrected chi connectivity index (χ3v) is 5.18. The van der Waals surface area contributed by atoms with Gasteiger partial charge in [-0.15, -0.1) is 0 Å². The molecule has 1 saturated heterocycles. The highest BCUT2D eigenvalue weighted by atomic mass is 32.1. The van der Waals surface area contributed by atoms with Gasteiger partial charge in [0.25, 0.3) is 5.91 Å². The fourth-order valence-electron chi connectivity index (χ4n) is 2.77. The topological polar surface area (TPSA) is 59.2 Å². The monoisotopic (exact) mass is 339 g/mol. The number of likely N-dealkylation sites (tertiary alicyclic amines) is 1. The van der Waals surface area contributed by atoms with Crippen LogP contribution in [0.1, 0.15) is 33.3 Å². The van der Waals surface area contributed by atoms with E-state index >= 15 is 0 Å². The van der Waals surface area contributed by atoms with E-state index in [0.29, 0.717) is 24.8 Å². The summed E-state index contributed by atoms with van der Waals surface area (Å²) < 4.78 is 5.37. The molecule has 0 atom stereocenters. The molecule has 4 rings (SSSR count). The average Bonchev–Trinajstić information content (AvgIpc) is 3.19. The van der Waals surface area contributed by atoms with E-state index in [0.717, 1.165) is 16.7 Å². The van der Waals surface area contributed by atoms with Gasteiger partial charge in [-0.25, -0.2) is 0 Å². The molecule has 5 nitrogen and oxygen atoms in total. The summed E-state index contributed by atoms with van der Waals surface area (Å²) in [5.74, 6) is 1.41. The highest BCUT2D eigenvalue weighted by Crippen LogP contribution is 2.29. The number of thiophene rings is 1. The molecule has 1 aliphatic rings. The number of nitrogens with zero attached hydrogens (tertiary/aromatic N) is 3. The van der Waals surface area contributed by atoms with Gasteiger partial charge < -0.3 is 9.42 Å². The van der Waals surface area contributed by atoms with E-state index in [1.807, 2.05) is 53.8 Å². The normalized spacial score (nSPS) is 14.7. The van der Waals surface area contributed by atoms with Crippen LogP contribution >= 0.6 is 11.3 Å². The van der Waals surface area contributed by atoms with Crippen molar-refractivity contribution < 1.29 is 9.32 Å². The highest BCUT2D eigenvalue weighted by molar-refractivity contribution is 7.08. The maximum atomic E-state index is 12.5. The lowest BCUT2D eigenvalue weighted by molar-refractivity contribution is 0.0569. The average molecular weight is 339 g/mol. The first kappa shape index (κ1) is 15.1. The fourth-order valence-corrected chi connectivity index (χ4v) is 3.40. The van der Waals surface area contributed by atoms with Gasteiger partial charge >= 0.3 is 0 Å². The summed E-state index contributed by atoms with van der Waals surface area (Å²) in [5.41, 5.74) is 4.04. The van der Waals surface area contributed by atoms with Crippen molar-refractivity contribution in [2.45, 2.75) is 19.8 Å². The molecule has 3 heterocycles. The molecule has 0 unspecified atom stereocenters. The van der Waals surface area contributed by atoms with Crippen LogP contribution in [0, 0.1) is 13.8 Å². The van der Waals surface area contributed by atoms with Gasteiger partial charge in [0.1, 0.15) is 0 Å². The maximum Gasteiger partial charge on any atom is 0.253 e. The number of aryl methyl sites for hydroxylation is 2. The molecule has 0 spiro atoms. The number of carbonyl (C=O) groups excluding carboxylic acids is 1. The minimum Gasteiger partial charge on any atom is -0.339 e. The second-order valence-electron chi connectivity index (χ2n) is 6.17. The second kappa shape index (κ2) is 5.87. The first-order valence-corrected chi connectivity index (χ1v) is 8.79. The zero-order chi connectivity index (χ0) is 16.7. The summed E-state index contributed by atoms with van der Waals surface area (Å²) >= 11 is 1.60. The molecule has 2 aromatic heterocycles. The van der Waals surface area contributed by atoms with Crippen LogP contribution in [0.5, 0.6) is 0 Å². The third kappa shape index (κ3) is 2.63. The van der Waals surface area contributed by atoms with Crippen LogP contribution in [0.4, 0.5) is 0 Å². The molecule has 0 N–H and O–H groups in total. The van der Waals surface area contributed by atoms with Crippen LogP contribution in [0.2, 0.25) is 0 Å². The Labute approximate surface area is 143 Å². The molecular weight excluding hydrogens is 322 g/mol. The molecule has 1 amide bonds. The molecule has 24 heavy (non-hydrogen) atoms. The van der Waals surface area contributed by atoms with E-state index < -0.39 is 0 Å². The standard InChI is InChI=1S/C18H17N3O2S/c1-11-3-4-13(7-12(11)2)18(22)21-8-15(9-21)17-19-16(20-23-17)14-5-6-24-10-14/h3-7,10,15H,8-9H2,1-2H3. The lowest BCUT2D eigenvalue weighted by Crippen LogP contribution is -2.48. The zero-order valence-corrected chi connectivity index (χ0v) is 14.3. The van der Waals surface area contributed by atoms with Crippen LogP contribution in [0.3, 0.4) is 0 Å².